The third kappa shape index (κ3) is 4.41. The number of hydrogen-bond acceptors (Lipinski definition) is 4. The first kappa shape index (κ1) is 20.9. The van der Waals surface area contributed by atoms with E-state index in [1.54, 1.807) is 49.6 Å². The van der Waals surface area contributed by atoms with Crippen molar-refractivity contribution in [2.24, 2.45) is 0 Å². The van der Waals surface area contributed by atoms with Gasteiger partial charge in [0.25, 0.3) is 5.91 Å². The van der Waals surface area contributed by atoms with Gasteiger partial charge in [0.2, 0.25) is 5.91 Å². The van der Waals surface area contributed by atoms with E-state index in [9.17, 15) is 14.0 Å². The first-order valence-electron chi connectivity index (χ1n) is 9.71. The average Bonchev–Trinajstić information content (AvgIpc) is 3.17. The molecule has 1 unspecified atom stereocenters. The smallest absolute Gasteiger partial charge is 0.255 e. The Hall–Kier alpha value is -3.32. The molecule has 1 saturated heterocycles. The second-order valence-corrected chi connectivity index (χ2v) is 8.26. The monoisotopic (exact) mass is 436 g/mol. The standard InChI is InChI=1S/C24H21FN2O3S/c1-15-9-10-20(25)21(11-15)27-22(28)14-31-24(27)17-6-3-7-18(12-17)26-23(29)16-5-4-8-19(13-16)30-2/h3-13,24H,14H2,1-2H3,(H,26,29). The van der Waals surface area contributed by atoms with Crippen LogP contribution < -0.4 is 15.0 Å². The van der Waals surface area contributed by atoms with Gasteiger partial charge in [-0.2, -0.15) is 0 Å². The molecule has 0 bridgehead atoms. The average molecular weight is 437 g/mol. The van der Waals surface area contributed by atoms with Crippen molar-refractivity contribution in [2.45, 2.75) is 12.3 Å². The fraction of sp³-hybridized carbons (Fsp3) is 0.167. The summed E-state index contributed by atoms with van der Waals surface area (Å²) in [7, 11) is 1.55. The molecule has 7 heteroatoms. The number of ether oxygens (including phenoxy) is 1. The predicted molar refractivity (Wildman–Crippen MR) is 121 cm³/mol. The molecule has 3 aromatic carbocycles. The van der Waals surface area contributed by atoms with Gasteiger partial charge in [-0.05, 0) is 60.5 Å². The van der Waals surface area contributed by atoms with Gasteiger partial charge in [-0.15, -0.1) is 11.8 Å². The molecule has 31 heavy (non-hydrogen) atoms. The van der Waals surface area contributed by atoms with Crippen LogP contribution in [0.5, 0.6) is 5.75 Å². The molecular formula is C24H21FN2O3S. The molecule has 0 radical (unpaired) electrons. The van der Waals surface area contributed by atoms with Crippen LogP contribution in [0.4, 0.5) is 15.8 Å². The van der Waals surface area contributed by atoms with E-state index in [0.29, 0.717) is 17.0 Å². The highest BCUT2D eigenvalue weighted by molar-refractivity contribution is 8.00. The summed E-state index contributed by atoms with van der Waals surface area (Å²) in [5, 5.41) is 2.50. The van der Waals surface area contributed by atoms with Crippen LogP contribution in [-0.4, -0.2) is 24.7 Å². The number of carbonyl (C=O) groups excluding carboxylic acids is 2. The molecule has 5 nitrogen and oxygen atoms in total. The van der Waals surface area contributed by atoms with Crippen LogP contribution in [0.2, 0.25) is 0 Å². The molecule has 1 atom stereocenters. The number of amides is 2. The van der Waals surface area contributed by atoms with Crippen molar-refractivity contribution >= 4 is 35.0 Å². The molecule has 0 spiro atoms. The van der Waals surface area contributed by atoms with Crippen LogP contribution in [0.15, 0.2) is 66.7 Å². The molecule has 0 aliphatic carbocycles. The minimum atomic E-state index is -0.436. The van der Waals surface area contributed by atoms with Crippen LogP contribution in [0.3, 0.4) is 0 Å². The van der Waals surface area contributed by atoms with Gasteiger partial charge in [0.15, 0.2) is 0 Å². The van der Waals surface area contributed by atoms with E-state index in [-0.39, 0.29) is 28.6 Å². The number of nitrogens with zero attached hydrogens (tertiary/aromatic N) is 1. The van der Waals surface area contributed by atoms with E-state index in [1.807, 2.05) is 25.1 Å². The lowest BCUT2D eigenvalue weighted by Gasteiger charge is -2.25. The Labute approximate surface area is 184 Å². The molecule has 1 heterocycles. The van der Waals surface area contributed by atoms with Crippen LogP contribution in [0.25, 0.3) is 0 Å². The second-order valence-electron chi connectivity index (χ2n) is 7.19. The molecule has 3 aromatic rings. The quantitative estimate of drug-likeness (QED) is 0.599. The number of halogens is 1. The number of rotatable bonds is 5. The van der Waals surface area contributed by atoms with E-state index in [2.05, 4.69) is 5.32 Å². The Morgan fingerprint density at radius 2 is 1.94 bits per heavy atom. The molecule has 2 amide bonds. The summed E-state index contributed by atoms with van der Waals surface area (Å²) in [5.41, 5.74) is 3.01. The summed E-state index contributed by atoms with van der Waals surface area (Å²) in [6, 6.07) is 18.9. The molecule has 0 aromatic heterocycles. The third-order valence-corrected chi connectivity index (χ3v) is 6.20. The molecular weight excluding hydrogens is 415 g/mol. The minimum Gasteiger partial charge on any atom is -0.497 e. The van der Waals surface area contributed by atoms with Crippen molar-refractivity contribution in [3.8, 4) is 5.75 Å². The number of anilines is 2. The third-order valence-electron chi connectivity index (χ3n) is 4.99. The summed E-state index contributed by atoms with van der Waals surface area (Å²) >= 11 is 1.43. The molecule has 1 aliphatic rings. The molecule has 4 rings (SSSR count). The van der Waals surface area contributed by atoms with E-state index < -0.39 is 5.82 Å². The zero-order valence-electron chi connectivity index (χ0n) is 17.1. The number of benzene rings is 3. The molecule has 0 saturated carbocycles. The molecule has 1 fully saturated rings. The van der Waals surface area contributed by atoms with Crippen LogP contribution in [0, 0.1) is 12.7 Å². The van der Waals surface area contributed by atoms with E-state index >= 15 is 0 Å². The number of nitrogens with one attached hydrogen (secondary N) is 1. The summed E-state index contributed by atoms with van der Waals surface area (Å²) in [4.78, 5) is 26.7. The van der Waals surface area contributed by atoms with Gasteiger partial charge in [0.05, 0.1) is 18.6 Å². The van der Waals surface area contributed by atoms with E-state index in [0.717, 1.165) is 11.1 Å². The van der Waals surface area contributed by atoms with E-state index in [4.69, 9.17) is 4.74 Å². The van der Waals surface area contributed by atoms with Crippen LogP contribution >= 0.6 is 11.8 Å². The van der Waals surface area contributed by atoms with Gasteiger partial charge in [0, 0.05) is 11.3 Å². The highest BCUT2D eigenvalue weighted by Crippen LogP contribution is 2.43. The first-order valence-corrected chi connectivity index (χ1v) is 10.8. The maximum absolute atomic E-state index is 14.5. The summed E-state index contributed by atoms with van der Waals surface area (Å²) in [6.45, 7) is 1.86. The van der Waals surface area contributed by atoms with E-state index in [1.165, 1.54) is 22.7 Å². The Morgan fingerprint density at radius 1 is 1.13 bits per heavy atom. The fourth-order valence-corrected chi connectivity index (χ4v) is 4.63. The van der Waals surface area contributed by atoms with Gasteiger partial charge in [-0.25, -0.2) is 4.39 Å². The first-order chi connectivity index (χ1) is 15.0. The lowest BCUT2D eigenvalue weighted by molar-refractivity contribution is -0.115. The normalized spacial score (nSPS) is 15.8. The number of thioether (sulfide) groups is 1. The molecule has 1 N–H and O–H groups in total. The number of aryl methyl sites for hydroxylation is 1. The van der Waals surface area contributed by atoms with Gasteiger partial charge in [-0.1, -0.05) is 24.3 Å². The van der Waals surface area contributed by atoms with Crippen molar-refractivity contribution in [3.05, 3.63) is 89.2 Å². The zero-order chi connectivity index (χ0) is 22.0. The fourth-order valence-electron chi connectivity index (χ4n) is 3.48. The molecule has 158 valence electrons. The second kappa shape index (κ2) is 8.81. The van der Waals surface area contributed by atoms with Crippen LogP contribution in [-0.2, 0) is 4.79 Å². The minimum absolute atomic E-state index is 0.148. The summed E-state index contributed by atoms with van der Waals surface area (Å²) in [5.74, 6) is 0.00321. The molecule has 1 aliphatic heterocycles. The highest BCUT2D eigenvalue weighted by Gasteiger charge is 2.35. The largest absolute Gasteiger partial charge is 0.497 e. The van der Waals surface area contributed by atoms with Crippen molar-refractivity contribution in [3.63, 3.8) is 0 Å². The lowest BCUT2D eigenvalue weighted by Crippen LogP contribution is -2.28. The number of methoxy groups -OCH3 is 1. The Morgan fingerprint density at radius 3 is 2.74 bits per heavy atom. The van der Waals surface area contributed by atoms with Gasteiger partial charge in [0.1, 0.15) is 16.9 Å². The van der Waals surface area contributed by atoms with Gasteiger partial charge in [-0.3, -0.25) is 14.5 Å². The number of hydrogen-bond donors (Lipinski definition) is 1. The van der Waals surface area contributed by atoms with Gasteiger partial charge < -0.3 is 10.1 Å². The van der Waals surface area contributed by atoms with Crippen molar-refractivity contribution < 1.29 is 18.7 Å². The SMILES string of the molecule is COc1cccc(C(=O)Nc2cccc(C3SCC(=O)N3c3cc(C)ccc3F)c2)c1. The number of carbonyl (C=O) groups is 2. The van der Waals surface area contributed by atoms with Gasteiger partial charge >= 0.3 is 0 Å². The predicted octanol–water partition coefficient (Wildman–Crippen LogP) is 5.17. The summed E-state index contributed by atoms with van der Waals surface area (Å²) in [6.07, 6.45) is 0. The topological polar surface area (TPSA) is 58.6 Å². The van der Waals surface area contributed by atoms with Crippen LogP contribution in [0.1, 0.15) is 26.9 Å². The lowest BCUT2D eigenvalue weighted by atomic mass is 10.1. The van der Waals surface area contributed by atoms with Crippen molar-refractivity contribution in [1.29, 1.82) is 0 Å². The maximum Gasteiger partial charge on any atom is 0.255 e. The van der Waals surface area contributed by atoms with Crippen molar-refractivity contribution in [1.82, 2.24) is 0 Å². The maximum atomic E-state index is 14.5. The summed E-state index contributed by atoms with van der Waals surface area (Å²) < 4.78 is 19.7. The Balaban J connectivity index is 1.60. The zero-order valence-corrected chi connectivity index (χ0v) is 17.9. The Bertz CT molecular complexity index is 1150. The highest BCUT2D eigenvalue weighted by atomic mass is 32.2. The van der Waals surface area contributed by atoms with Crippen molar-refractivity contribution in [2.75, 3.05) is 23.1 Å². The Kier molecular flexibility index (Phi) is 5.95.